The molecule has 1 atom stereocenters. The summed E-state index contributed by atoms with van der Waals surface area (Å²) in [6, 6.07) is 20.9. The van der Waals surface area contributed by atoms with Crippen LogP contribution in [0.4, 0.5) is 0 Å². The van der Waals surface area contributed by atoms with Crippen LogP contribution in [0.15, 0.2) is 73.1 Å². The Hall–Kier alpha value is -2.89. The lowest BCUT2D eigenvalue weighted by atomic mass is 10.0. The third-order valence-electron chi connectivity index (χ3n) is 5.27. The minimum absolute atomic E-state index is 0.317. The van der Waals surface area contributed by atoms with Gasteiger partial charge < -0.3 is 14.8 Å². The molecule has 4 rings (SSSR count). The Morgan fingerprint density at radius 3 is 2.72 bits per heavy atom. The molecule has 0 aliphatic carbocycles. The van der Waals surface area contributed by atoms with E-state index >= 15 is 0 Å². The highest BCUT2D eigenvalue weighted by atomic mass is 16.5. The lowest BCUT2D eigenvalue weighted by Crippen LogP contribution is -2.45. The Bertz CT molecular complexity index is 903. The molecule has 0 saturated carbocycles. The van der Waals surface area contributed by atoms with Crippen molar-refractivity contribution in [1.29, 1.82) is 0 Å². The highest BCUT2D eigenvalue weighted by molar-refractivity contribution is 5.43. The summed E-state index contributed by atoms with van der Waals surface area (Å²) in [4.78, 5) is 6.79. The number of benzene rings is 2. The molecule has 1 saturated heterocycles. The van der Waals surface area contributed by atoms with E-state index in [1.54, 1.807) is 7.11 Å². The standard InChI is InChI=1S/C24H27N3O2/c1-28-24-14-20(9-10-23(24)29-18-19-6-3-2-4-7-19)17-27-13-12-26-16-22(27)21-8-5-11-25-15-21/h2-11,14-15,22,26H,12-13,16-18H2,1H3. The molecule has 1 N–H and O–H groups in total. The number of hydrogen-bond acceptors (Lipinski definition) is 5. The molecule has 5 heteroatoms. The highest BCUT2D eigenvalue weighted by Gasteiger charge is 2.24. The van der Waals surface area contributed by atoms with Crippen LogP contribution in [-0.4, -0.2) is 36.6 Å². The average molecular weight is 389 g/mol. The van der Waals surface area contributed by atoms with Crippen molar-refractivity contribution in [3.8, 4) is 11.5 Å². The fourth-order valence-corrected chi connectivity index (χ4v) is 3.74. The minimum atomic E-state index is 0.317. The lowest BCUT2D eigenvalue weighted by Gasteiger charge is -2.36. The quantitative estimate of drug-likeness (QED) is 0.666. The minimum Gasteiger partial charge on any atom is -0.493 e. The zero-order valence-corrected chi connectivity index (χ0v) is 16.8. The van der Waals surface area contributed by atoms with Crippen molar-refractivity contribution in [1.82, 2.24) is 15.2 Å². The van der Waals surface area contributed by atoms with Gasteiger partial charge in [0, 0.05) is 44.6 Å². The maximum Gasteiger partial charge on any atom is 0.161 e. The number of methoxy groups -OCH3 is 1. The van der Waals surface area contributed by atoms with Crippen molar-refractivity contribution in [3.63, 3.8) is 0 Å². The second-order valence-corrected chi connectivity index (χ2v) is 7.24. The van der Waals surface area contributed by atoms with E-state index in [4.69, 9.17) is 9.47 Å². The van der Waals surface area contributed by atoms with Crippen LogP contribution in [-0.2, 0) is 13.2 Å². The molecule has 2 aromatic carbocycles. The molecule has 0 spiro atoms. The first-order valence-electron chi connectivity index (χ1n) is 10.0. The fraction of sp³-hybridized carbons (Fsp3) is 0.292. The first-order valence-corrected chi connectivity index (χ1v) is 10.0. The summed E-state index contributed by atoms with van der Waals surface area (Å²) in [6.07, 6.45) is 3.79. The molecule has 0 radical (unpaired) electrons. The Morgan fingerprint density at radius 1 is 1.03 bits per heavy atom. The van der Waals surface area contributed by atoms with Crippen LogP contribution in [0.2, 0.25) is 0 Å². The smallest absolute Gasteiger partial charge is 0.161 e. The second kappa shape index (κ2) is 9.54. The number of aromatic nitrogens is 1. The van der Waals surface area contributed by atoms with Gasteiger partial charge >= 0.3 is 0 Å². The van der Waals surface area contributed by atoms with Crippen molar-refractivity contribution in [2.45, 2.75) is 19.2 Å². The van der Waals surface area contributed by atoms with Gasteiger partial charge in [-0.05, 0) is 34.9 Å². The van der Waals surface area contributed by atoms with Crippen LogP contribution in [0, 0.1) is 0 Å². The molecule has 150 valence electrons. The maximum absolute atomic E-state index is 5.99. The molecule has 1 aliphatic heterocycles. The molecule has 2 heterocycles. The molecule has 1 aromatic heterocycles. The van der Waals surface area contributed by atoms with Gasteiger partial charge in [-0.15, -0.1) is 0 Å². The Balaban J connectivity index is 1.46. The molecule has 1 aliphatic rings. The van der Waals surface area contributed by atoms with Crippen molar-refractivity contribution in [2.24, 2.45) is 0 Å². The van der Waals surface area contributed by atoms with Crippen LogP contribution >= 0.6 is 0 Å². The summed E-state index contributed by atoms with van der Waals surface area (Å²) in [5, 5.41) is 3.50. The van der Waals surface area contributed by atoms with Gasteiger partial charge in [0.25, 0.3) is 0 Å². The third-order valence-corrected chi connectivity index (χ3v) is 5.27. The van der Waals surface area contributed by atoms with Gasteiger partial charge in [-0.2, -0.15) is 0 Å². The number of nitrogens with one attached hydrogen (secondary N) is 1. The van der Waals surface area contributed by atoms with Crippen LogP contribution in [0.1, 0.15) is 22.7 Å². The lowest BCUT2D eigenvalue weighted by molar-refractivity contribution is 0.153. The molecule has 3 aromatic rings. The predicted molar refractivity (Wildman–Crippen MR) is 114 cm³/mol. The highest BCUT2D eigenvalue weighted by Crippen LogP contribution is 2.31. The van der Waals surface area contributed by atoms with E-state index < -0.39 is 0 Å². The van der Waals surface area contributed by atoms with Gasteiger partial charge in [0.05, 0.1) is 7.11 Å². The third kappa shape index (κ3) is 4.94. The van der Waals surface area contributed by atoms with E-state index in [9.17, 15) is 0 Å². The molecule has 5 nitrogen and oxygen atoms in total. The van der Waals surface area contributed by atoms with Gasteiger partial charge in [-0.3, -0.25) is 9.88 Å². The fourth-order valence-electron chi connectivity index (χ4n) is 3.74. The average Bonchev–Trinajstić information content (AvgIpc) is 2.80. The molecule has 0 amide bonds. The largest absolute Gasteiger partial charge is 0.493 e. The SMILES string of the molecule is COc1cc(CN2CCNCC2c2cccnc2)ccc1OCc1ccccc1. The number of nitrogens with zero attached hydrogens (tertiary/aromatic N) is 2. The number of hydrogen-bond donors (Lipinski definition) is 1. The zero-order chi connectivity index (χ0) is 19.9. The number of ether oxygens (including phenoxy) is 2. The Labute approximate surface area is 172 Å². The van der Waals surface area contributed by atoms with Gasteiger partial charge in [0.2, 0.25) is 0 Å². The van der Waals surface area contributed by atoms with Crippen LogP contribution < -0.4 is 14.8 Å². The summed E-state index contributed by atoms with van der Waals surface area (Å²) in [5.41, 5.74) is 3.60. The molecular weight excluding hydrogens is 362 g/mol. The second-order valence-electron chi connectivity index (χ2n) is 7.24. The monoisotopic (exact) mass is 389 g/mol. The van der Waals surface area contributed by atoms with E-state index in [0.29, 0.717) is 12.6 Å². The summed E-state index contributed by atoms with van der Waals surface area (Å²) >= 11 is 0. The summed E-state index contributed by atoms with van der Waals surface area (Å²) in [5.74, 6) is 1.54. The van der Waals surface area contributed by atoms with Gasteiger partial charge in [-0.25, -0.2) is 0 Å². The maximum atomic E-state index is 5.99. The van der Waals surface area contributed by atoms with Gasteiger partial charge in [0.15, 0.2) is 11.5 Å². The Kier molecular flexibility index (Phi) is 6.39. The van der Waals surface area contributed by atoms with E-state index in [1.807, 2.05) is 42.7 Å². The first kappa shape index (κ1) is 19.4. The van der Waals surface area contributed by atoms with Crippen LogP contribution in [0.3, 0.4) is 0 Å². The number of rotatable bonds is 7. The van der Waals surface area contributed by atoms with E-state index in [1.165, 1.54) is 11.1 Å². The Morgan fingerprint density at radius 2 is 1.93 bits per heavy atom. The van der Waals surface area contributed by atoms with Crippen molar-refractivity contribution in [3.05, 3.63) is 89.7 Å². The van der Waals surface area contributed by atoms with Crippen molar-refractivity contribution >= 4 is 0 Å². The summed E-state index contributed by atoms with van der Waals surface area (Å²) in [6.45, 7) is 4.30. The molecule has 0 bridgehead atoms. The molecule has 1 unspecified atom stereocenters. The van der Waals surface area contributed by atoms with Crippen molar-refractivity contribution in [2.75, 3.05) is 26.7 Å². The number of piperazine rings is 1. The summed E-state index contributed by atoms with van der Waals surface area (Å²) < 4.78 is 11.6. The topological polar surface area (TPSA) is 46.6 Å². The van der Waals surface area contributed by atoms with Gasteiger partial charge in [0.1, 0.15) is 6.61 Å². The molecule has 29 heavy (non-hydrogen) atoms. The molecule has 1 fully saturated rings. The van der Waals surface area contributed by atoms with E-state index in [2.05, 4.69) is 45.5 Å². The summed E-state index contributed by atoms with van der Waals surface area (Å²) in [7, 11) is 1.69. The number of pyridine rings is 1. The van der Waals surface area contributed by atoms with Gasteiger partial charge in [-0.1, -0.05) is 42.5 Å². The van der Waals surface area contributed by atoms with E-state index in [0.717, 1.165) is 43.2 Å². The molecular formula is C24H27N3O2. The van der Waals surface area contributed by atoms with Crippen LogP contribution in [0.5, 0.6) is 11.5 Å². The van der Waals surface area contributed by atoms with Crippen LogP contribution in [0.25, 0.3) is 0 Å². The first-order chi connectivity index (χ1) is 14.3. The van der Waals surface area contributed by atoms with Crippen molar-refractivity contribution < 1.29 is 9.47 Å². The predicted octanol–water partition coefficient (Wildman–Crippen LogP) is 3.82. The normalized spacial score (nSPS) is 17.1. The zero-order valence-electron chi connectivity index (χ0n) is 16.8. The van der Waals surface area contributed by atoms with E-state index in [-0.39, 0.29) is 0 Å².